The monoisotopic (exact) mass is 223 g/mol. The number of aryl methyl sites for hydroxylation is 2. The number of fused-ring (bicyclic) bond motifs is 1. The number of hydrogen-bond donors (Lipinski definition) is 0. The highest BCUT2D eigenvalue weighted by atomic mass is 15.1. The molecule has 0 amide bonds. The van der Waals surface area contributed by atoms with Gasteiger partial charge >= 0.3 is 0 Å². The molecule has 0 fully saturated rings. The minimum absolute atomic E-state index is 0.938. The van der Waals surface area contributed by atoms with Crippen molar-refractivity contribution in [1.29, 1.82) is 0 Å². The molecule has 1 aromatic carbocycles. The van der Waals surface area contributed by atoms with Gasteiger partial charge in [-0.3, -0.25) is 9.55 Å². The molecule has 0 radical (unpaired) electrons. The van der Waals surface area contributed by atoms with Crippen LogP contribution in [0, 0.1) is 13.8 Å². The molecule has 0 N–H and O–H groups in total. The third kappa shape index (κ3) is 1.51. The number of nitrogens with zero attached hydrogens (tertiary/aromatic N) is 3. The first kappa shape index (κ1) is 10.0. The van der Waals surface area contributed by atoms with Crippen LogP contribution in [-0.2, 0) is 0 Å². The van der Waals surface area contributed by atoms with Crippen LogP contribution in [0.4, 0.5) is 0 Å². The summed E-state index contributed by atoms with van der Waals surface area (Å²) in [5.41, 5.74) is 4.46. The average molecular weight is 223 g/mol. The van der Waals surface area contributed by atoms with Crippen LogP contribution in [0.15, 0.2) is 42.7 Å². The van der Waals surface area contributed by atoms with Crippen LogP contribution in [0.25, 0.3) is 16.7 Å². The summed E-state index contributed by atoms with van der Waals surface area (Å²) in [6.07, 6.45) is 3.61. The number of pyridine rings is 1. The predicted octanol–water partition coefficient (Wildman–Crippen LogP) is 3.04. The predicted molar refractivity (Wildman–Crippen MR) is 68.3 cm³/mol. The molecule has 0 spiro atoms. The number of para-hydroxylation sites is 1. The topological polar surface area (TPSA) is 30.7 Å². The van der Waals surface area contributed by atoms with Gasteiger partial charge < -0.3 is 0 Å². The van der Waals surface area contributed by atoms with Crippen LogP contribution in [0.2, 0.25) is 0 Å². The molecular formula is C14H13N3. The van der Waals surface area contributed by atoms with Gasteiger partial charge in [-0.1, -0.05) is 18.2 Å². The lowest BCUT2D eigenvalue weighted by molar-refractivity contribution is 0.990. The van der Waals surface area contributed by atoms with E-state index >= 15 is 0 Å². The molecule has 3 nitrogen and oxygen atoms in total. The molecule has 2 aromatic heterocycles. The Morgan fingerprint density at radius 1 is 1.06 bits per heavy atom. The zero-order chi connectivity index (χ0) is 11.8. The first-order valence-electron chi connectivity index (χ1n) is 5.62. The lowest BCUT2D eigenvalue weighted by Gasteiger charge is -2.09. The third-order valence-electron chi connectivity index (χ3n) is 2.98. The highest BCUT2D eigenvalue weighted by molar-refractivity contribution is 5.77. The molecule has 17 heavy (non-hydrogen) atoms. The van der Waals surface area contributed by atoms with Gasteiger partial charge in [0.25, 0.3) is 0 Å². The van der Waals surface area contributed by atoms with E-state index in [0.29, 0.717) is 0 Å². The fraction of sp³-hybridized carbons (Fsp3) is 0.143. The molecule has 0 aliphatic rings. The van der Waals surface area contributed by atoms with Crippen molar-refractivity contribution in [3.63, 3.8) is 0 Å². The van der Waals surface area contributed by atoms with E-state index in [9.17, 15) is 0 Å². The van der Waals surface area contributed by atoms with Crippen molar-refractivity contribution in [2.45, 2.75) is 13.8 Å². The highest BCUT2D eigenvalue weighted by Crippen LogP contribution is 2.22. The van der Waals surface area contributed by atoms with Crippen LogP contribution >= 0.6 is 0 Å². The van der Waals surface area contributed by atoms with Crippen molar-refractivity contribution in [3.05, 3.63) is 54.1 Å². The first-order chi connectivity index (χ1) is 8.27. The van der Waals surface area contributed by atoms with Crippen LogP contribution in [0.3, 0.4) is 0 Å². The molecule has 3 aromatic rings. The van der Waals surface area contributed by atoms with Gasteiger partial charge in [0.1, 0.15) is 11.3 Å². The zero-order valence-electron chi connectivity index (χ0n) is 9.88. The summed E-state index contributed by atoms with van der Waals surface area (Å²) < 4.78 is 2.17. The van der Waals surface area contributed by atoms with Gasteiger partial charge in [-0.25, -0.2) is 4.98 Å². The highest BCUT2D eigenvalue weighted by Gasteiger charge is 2.09. The standard InChI is InChI=1S/C14H13N3/c1-10-5-3-4-6-13(10)17-11(2)16-12-9-15-8-7-14(12)17/h3-9H,1-2H3. The maximum atomic E-state index is 4.53. The van der Waals surface area contributed by atoms with E-state index in [1.54, 1.807) is 12.4 Å². The Labute approximate surface area is 99.8 Å². The van der Waals surface area contributed by atoms with E-state index in [0.717, 1.165) is 16.9 Å². The fourth-order valence-corrected chi connectivity index (χ4v) is 2.17. The van der Waals surface area contributed by atoms with Crippen molar-refractivity contribution in [2.24, 2.45) is 0 Å². The van der Waals surface area contributed by atoms with Crippen molar-refractivity contribution in [1.82, 2.24) is 14.5 Å². The van der Waals surface area contributed by atoms with Crippen LogP contribution in [-0.4, -0.2) is 14.5 Å². The molecule has 0 bridgehead atoms. The number of hydrogen-bond acceptors (Lipinski definition) is 2. The van der Waals surface area contributed by atoms with E-state index in [2.05, 4.69) is 45.7 Å². The molecule has 0 saturated heterocycles. The van der Waals surface area contributed by atoms with Gasteiger partial charge in [0.2, 0.25) is 0 Å². The fourth-order valence-electron chi connectivity index (χ4n) is 2.17. The summed E-state index contributed by atoms with van der Waals surface area (Å²) in [5, 5.41) is 0. The zero-order valence-corrected chi connectivity index (χ0v) is 9.88. The van der Waals surface area contributed by atoms with E-state index in [1.807, 2.05) is 13.0 Å². The lowest BCUT2D eigenvalue weighted by Crippen LogP contribution is -1.98. The van der Waals surface area contributed by atoms with Gasteiger partial charge in [0, 0.05) is 6.20 Å². The number of benzene rings is 1. The molecule has 3 heteroatoms. The largest absolute Gasteiger partial charge is 0.296 e. The average Bonchev–Trinajstić information content (AvgIpc) is 2.66. The third-order valence-corrected chi connectivity index (χ3v) is 2.98. The van der Waals surface area contributed by atoms with Gasteiger partial charge in [-0.05, 0) is 31.5 Å². The minimum atomic E-state index is 0.938. The van der Waals surface area contributed by atoms with Crippen molar-refractivity contribution in [3.8, 4) is 5.69 Å². The number of imidazole rings is 1. The molecule has 84 valence electrons. The van der Waals surface area contributed by atoms with Crippen LogP contribution in [0.5, 0.6) is 0 Å². The van der Waals surface area contributed by atoms with E-state index in [-0.39, 0.29) is 0 Å². The molecule has 0 aliphatic heterocycles. The normalized spacial score (nSPS) is 10.9. The quantitative estimate of drug-likeness (QED) is 0.634. The Bertz CT molecular complexity index is 683. The summed E-state index contributed by atoms with van der Waals surface area (Å²) in [4.78, 5) is 8.64. The second-order valence-electron chi connectivity index (χ2n) is 4.15. The maximum Gasteiger partial charge on any atom is 0.111 e. The van der Waals surface area contributed by atoms with Crippen molar-refractivity contribution in [2.75, 3.05) is 0 Å². The van der Waals surface area contributed by atoms with Gasteiger partial charge in [-0.15, -0.1) is 0 Å². The molecular weight excluding hydrogens is 210 g/mol. The summed E-state index contributed by atoms with van der Waals surface area (Å²) in [6.45, 7) is 4.13. The minimum Gasteiger partial charge on any atom is -0.296 e. The van der Waals surface area contributed by atoms with Gasteiger partial charge in [0.15, 0.2) is 0 Å². The lowest BCUT2D eigenvalue weighted by atomic mass is 10.2. The Morgan fingerprint density at radius 3 is 2.71 bits per heavy atom. The molecule has 0 saturated carbocycles. The Hall–Kier alpha value is -2.16. The van der Waals surface area contributed by atoms with Crippen LogP contribution in [0.1, 0.15) is 11.4 Å². The maximum absolute atomic E-state index is 4.53. The van der Waals surface area contributed by atoms with Gasteiger partial charge in [-0.2, -0.15) is 0 Å². The first-order valence-corrected chi connectivity index (χ1v) is 5.62. The summed E-state index contributed by atoms with van der Waals surface area (Å²) in [6, 6.07) is 10.3. The Balaban J connectivity index is 2.38. The molecule has 0 atom stereocenters. The molecule has 2 heterocycles. The second kappa shape index (κ2) is 3.70. The number of aromatic nitrogens is 3. The Kier molecular flexibility index (Phi) is 2.18. The SMILES string of the molecule is Cc1ccccc1-n1c(C)nc2cnccc21. The molecule has 3 rings (SSSR count). The van der Waals surface area contributed by atoms with E-state index in [1.165, 1.54) is 11.3 Å². The van der Waals surface area contributed by atoms with Gasteiger partial charge in [0.05, 0.1) is 17.4 Å². The van der Waals surface area contributed by atoms with E-state index < -0.39 is 0 Å². The summed E-state index contributed by atoms with van der Waals surface area (Å²) in [5.74, 6) is 0.988. The Morgan fingerprint density at radius 2 is 1.88 bits per heavy atom. The van der Waals surface area contributed by atoms with Crippen molar-refractivity contribution < 1.29 is 0 Å². The smallest absolute Gasteiger partial charge is 0.111 e. The van der Waals surface area contributed by atoms with E-state index in [4.69, 9.17) is 0 Å². The van der Waals surface area contributed by atoms with Crippen molar-refractivity contribution >= 4 is 11.0 Å². The second-order valence-corrected chi connectivity index (χ2v) is 4.15. The molecule has 0 aliphatic carbocycles. The number of rotatable bonds is 1. The molecule has 0 unspecified atom stereocenters. The summed E-state index contributed by atoms with van der Waals surface area (Å²) in [7, 11) is 0. The van der Waals surface area contributed by atoms with Crippen LogP contribution < -0.4 is 0 Å². The summed E-state index contributed by atoms with van der Waals surface area (Å²) >= 11 is 0.